The van der Waals surface area contributed by atoms with Gasteiger partial charge in [0.05, 0.1) is 6.42 Å². The number of Topliss-reactive ketones (excluding diaryl/α,β-unsaturated/α-hetero) is 2. The fraction of sp³-hybridized carbons (Fsp3) is 0.250. The molecule has 0 aromatic heterocycles. The van der Waals surface area contributed by atoms with E-state index >= 15 is 0 Å². The maximum atomic E-state index is 12.7. The van der Waals surface area contributed by atoms with E-state index in [1.807, 2.05) is 60.7 Å². The van der Waals surface area contributed by atoms with Gasteiger partial charge in [0, 0.05) is 29.9 Å². The largest absolute Gasteiger partial charge is 0.372 e. The smallest absolute Gasteiger partial charge is 0.171 e. The molecule has 1 heterocycles. The van der Waals surface area contributed by atoms with E-state index in [0.29, 0.717) is 11.1 Å². The molecule has 1 saturated heterocycles. The summed E-state index contributed by atoms with van der Waals surface area (Å²) in [6.45, 7) is 2.15. The maximum absolute atomic E-state index is 12.7. The third-order valence-corrected chi connectivity index (χ3v) is 5.32. The molecule has 0 N–H and O–H groups in total. The van der Waals surface area contributed by atoms with Gasteiger partial charge in [-0.15, -0.1) is 0 Å². The summed E-state index contributed by atoms with van der Waals surface area (Å²) in [5, 5.41) is 1.92. The summed E-state index contributed by atoms with van der Waals surface area (Å²) in [6.07, 6.45) is 3.64. The predicted octanol–water partition coefficient (Wildman–Crippen LogP) is 5.29. The second-order valence-electron chi connectivity index (χ2n) is 7.14. The molecule has 136 valence electrons. The lowest BCUT2D eigenvalue weighted by atomic mass is 9.97. The predicted molar refractivity (Wildman–Crippen MR) is 110 cm³/mol. The summed E-state index contributed by atoms with van der Waals surface area (Å²) in [4.78, 5) is 27.7. The molecule has 4 rings (SSSR count). The highest BCUT2D eigenvalue weighted by Crippen LogP contribution is 2.23. The molecule has 0 unspecified atom stereocenters. The van der Waals surface area contributed by atoms with Crippen LogP contribution in [0, 0.1) is 0 Å². The number of carbonyl (C=O) groups is 2. The molecule has 0 atom stereocenters. The molecule has 0 aliphatic carbocycles. The van der Waals surface area contributed by atoms with Crippen molar-refractivity contribution in [2.75, 3.05) is 18.0 Å². The number of nitrogens with zero attached hydrogens (tertiary/aromatic N) is 1. The van der Waals surface area contributed by atoms with Crippen LogP contribution >= 0.6 is 0 Å². The van der Waals surface area contributed by atoms with E-state index in [9.17, 15) is 9.59 Å². The van der Waals surface area contributed by atoms with E-state index in [2.05, 4.69) is 4.90 Å². The Morgan fingerprint density at radius 2 is 1.44 bits per heavy atom. The van der Waals surface area contributed by atoms with Gasteiger partial charge in [-0.25, -0.2) is 0 Å². The first-order valence-corrected chi connectivity index (χ1v) is 9.61. The molecule has 0 radical (unpaired) electrons. The molecule has 1 aliphatic heterocycles. The Morgan fingerprint density at radius 3 is 2.22 bits per heavy atom. The van der Waals surface area contributed by atoms with Gasteiger partial charge in [-0.05, 0) is 54.3 Å². The summed E-state index contributed by atoms with van der Waals surface area (Å²) < 4.78 is 0. The summed E-state index contributed by atoms with van der Waals surface area (Å²) >= 11 is 0. The molecule has 1 fully saturated rings. The molecule has 3 aromatic rings. The number of carbonyl (C=O) groups excluding carboxylic acids is 2. The summed E-state index contributed by atoms with van der Waals surface area (Å²) in [5.74, 6) is -0.255. The zero-order valence-corrected chi connectivity index (χ0v) is 15.4. The summed E-state index contributed by atoms with van der Waals surface area (Å²) in [5.41, 5.74) is 2.38. The minimum atomic E-state index is -0.128. The van der Waals surface area contributed by atoms with Gasteiger partial charge in [0.15, 0.2) is 11.6 Å². The van der Waals surface area contributed by atoms with Crippen LogP contribution in [0.25, 0.3) is 10.8 Å². The Labute approximate surface area is 159 Å². The SMILES string of the molecule is O=C(CC(=O)c1cccc2ccccc12)c1ccc(N2CCCCC2)cc1. The first-order valence-electron chi connectivity index (χ1n) is 9.61. The van der Waals surface area contributed by atoms with Crippen molar-refractivity contribution in [2.45, 2.75) is 25.7 Å². The molecule has 0 amide bonds. The molecule has 3 heteroatoms. The second-order valence-corrected chi connectivity index (χ2v) is 7.14. The van der Waals surface area contributed by atoms with Crippen LogP contribution in [0.5, 0.6) is 0 Å². The normalized spacial score (nSPS) is 14.3. The maximum Gasteiger partial charge on any atom is 0.171 e. The van der Waals surface area contributed by atoms with Crippen molar-refractivity contribution in [3.05, 3.63) is 77.9 Å². The number of piperidine rings is 1. The Kier molecular flexibility index (Phi) is 5.01. The molecule has 1 aliphatic rings. The van der Waals surface area contributed by atoms with Gasteiger partial charge in [0.25, 0.3) is 0 Å². The topological polar surface area (TPSA) is 37.4 Å². The van der Waals surface area contributed by atoms with E-state index in [4.69, 9.17) is 0 Å². The van der Waals surface area contributed by atoms with E-state index < -0.39 is 0 Å². The third-order valence-electron chi connectivity index (χ3n) is 5.32. The van der Waals surface area contributed by atoms with Gasteiger partial charge in [-0.2, -0.15) is 0 Å². The minimum Gasteiger partial charge on any atom is -0.372 e. The summed E-state index contributed by atoms with van der Waals surface area (Å²) in [7, 11) is 0. The Bertz CT molecular complexity index is 964. The number of hydrogen-bond donors (Lipinski definition) is 0. The number of ketones is 2. The lowest BCUT2D eigenvalue weighted by Gasteiger charge is -2.28. The Hall–Kier alpha value is -2.94. The standard InChI is InChI=1S/C24H23NO2/c26-23(19-11-13-20(14-12-19)25-15-4-1-5-16-25)17-24(27)22-10-6-8-18-7-2-3-9-21(18)22/h2-3,6-14H,1,4-5,15-17H2. The number of hydrogen-bond acceptors (Lipinski definition) is 3. The van der Waals surface area contributed by atoms with Gasteiger partial charge >= 0.3 is 0 Å². The molecule has 0 bridgehead atoms. The first-order chi connectivity index (χ1) is 13.2. The highest BCUT2D eigenvalue weighted by molar-refractivity contribution is 6.17. The highest BCUT2D eigenvalue weighted by atomic mass is 16.1. The van der Waals surface area contributed by atoms with Gasteiger partial charge in [-0.3, -0.25) is 9.59 Å². The Balaban J connectivity index is 1.49. The first kappa shape index (κ1) is 17.5. The van der Waals surface area contributed by atoms with Gasteiger partial charge in [-0.1, -0.05) is 42.5 Å². The lowest BCUT2D eigenvalue weighted by molar-refractivity contribution is 0.0895. The average Bonchev–Trinajstić information content (AvgIpc) is 2.74. The van der Waals surface area contributed by atoms with Gasteiger partial charge in [0.1, 0.15) is 0 Å². The third kappa shape index (κ3) is 3.77. The molecule has 3 nitrogen and oxygen atoms in total. The van der Waals surface area contributed by atoms with Gasteiger partial charge in [0.2, 0.25) is 0 Å². The van der Waals surface area contributed by atoms with Crippen molar-refractivity contribution in [3.63, 3.8) is 0 Å². The van der Waals surface area contributed by atoms with Crippen LogP contribution in [0.3, 0.4) is 0 Å². The van der Waals surface area contributed by atoms with Crippen molar-refractivity contribution in [1.82, 2.24) is 0 Å². The van der Waals surface area contributed by atoms with Crippen LogP contribution in [-0.2, 0) is 0 Å². The minimum absolute atomic E-state index is 0.100. The van der Waals surface area contributed by atoms with Crippen LogP contribution in [0.2, 0.25) is 0 Å². The second kappa shape index (κ2) is 7.75. The van der Waals surface area contributed by atoms with E-state index in [1.165, 1.54) is 19.3 Å². The lowest BCUT2D eigenvalue weighted by Crippen LogP contribution is -2.29. The monoisotopic (exact) mass is 357 g/mol. The average molecular weight is 357 g/mol. The van der Waals surface area contributed by atoms with Crippen LogP contribution in [-0.4, -0.2) is 24.7 Å². The van der Waals surface area contributed by atoms with Crippen molar-refractivity contribution in [2.24, 2.45) is 0 Å². The Morgan fingerprint density at radius 1 is 0.741 bits per heavy atom. The van der Waals surface area contributed by atoms with Gasteiger partial charge < -0.3 is 4.90 Å². The number of anilines is 1. The number of rotatable bonds is 5. The highest BCUT2D eigenvalue weighted by Gasteiger charge is 2.17. The van der Waals surface area contributed by atoms with Crippen LogP contribution in [0.15, 0.2) is 66.7 Å². The van der Waals surface area contributed by atoms with Crippen molar-refractivity contribution >= 4 is 28.0 Å². The van der Waals surface area contributed by atoms with Crippen molar-refractivity contribution in [1.29, 1.82) is 0 Å². The molecular formula is C24H23NO2. The van der Waals surface area contributed by atoms with Crippen molar-refractivity contribution in [3.8, 4) is 0 Å². The molecule has 0 spiro atoms. The van der Waals surface area contributed by atoms with E-state index in [1.54, 1.807) is 6.07 Å². The zero-order valence-electron chi connectivity index (χ0n) is 15.4. The summed E-state index contributed by atoms with van der Waals surface area (Å²) in [6, 6.07) is 21.1. The van der Waals surface area contributed by atoms with E-state index in [-0.39, 0.29) is 18.0 Å². The number of benzene rings is 3. The van der Waals surface area contributed by atoms with Crippen LogP contribution < -0.4 is 4.90 Å². The molecule has 3 aromatic carbocycles. The van der Waals surface area contributed by atoms with Crippen LogP contribution in [0.1, 0.15) is 46.4 Å². The fourth-order valence-electron chi connectivity index (χ4n) is 3.82. The molecular weight excluding hydrogens is 334 g/mol. The quantitative estimate of drug-likeness (QED) is 0.460. The fourth-order valence-corrected chi connectivity index (χ4v) is 3.82. The van der Waals surface area contributed by atoms with E-state index in [0.717, 1.165) is 29.5 Å². The molecule has 0 saturated carbocycles. The van der Waals surface area contributed by atoms with Crippen LogP contribution in [0.4, 0.5) is 5.69 Å². The number of fused-ring (bicyclic) bond motifs is 1. The zero-order chi connectivity index (χ0) is 18.6. The van der Waals surface area contributed by atoms with Crippen molar-refractivity contribution < 1.29 is 9.59 Å². The molecule has 27 heavy (non-hydrogen) atoms.